The van der Waals surface area contributed by atoms with Gasteiger partial charge in [-0.15, -0.1) is 0 Å². The Hall–Kier alpha value is -2.19. The fourth-order valence-corrected chi connectivity index (χ4v) is 5.23. The van der Waals surface area contributed by atoms with Gasteiger partial charge >= 0.3 is 5.97 Å². The number of hydrogen-bond donors (Lipinski definition) is 2. The van der Waals surface area contributed by atoms with E-state index in [-0.39, 0.29) is 16.1 Å². The molecule has 1 aliphatic rings. The molecule has 1 aliphatic heterocycles. The van der Waals surface area contributed by atoms with E-state index < -0.39 is 16.0 Å². The number of nitrogens with zero attached hydrogens (tertiary/aromatic N) is 1. The molecule has 156 valence electrons. The van der Waals surface area contributed by atoms with Gasteiger partial charge in [0.25, 0.3) is 10.0 Å². The molecule has 1 heterocycles. The minimum Gasteiger partial charge on any atom is -0.478 e. The van der Waals surface area contributed by atoms with E-state index in [4.69, 9.17) is 0 Å². The van der Waals surface area contributed by atoms with Crippen molar-refractivity contribution in [3.63, 3.8) is 0 Å². The molecule has 0 saturated carbocycles. The fraction of sp³-hybridized carbons (Fsp3) is 0.381. The summed E-state index contributed by atoms with van der Waals surface area (Å²) in [6, 6.07) is 11.5. The van der Waals surface area contributed by atoms with Gasteiger partial charge in [-0.3, -0.25) is 4.72 Å². The lowest BCUT2D eigenvalue weighted by atomic mass is 9.99. The summed E-state index contributed by atoms with van der Waals surface area (Å²) in [6.07, 6.45) is 0.977. The molecule has 0 radical (unpaired) electrons. The minimum absolute atomic E-state index is 0.101. The highest BCUT2D eigenvalue weighted by molar-refractivity contribution is 7.99. The molecule has 2 N–H and O–H groups in total. The zero-order chi connectivity index (χ0) is 21.0. The molecule has 1 saturated heterocycles. The van der Waals surface area contributed by atoms with E-state index in [1.165, 1.54) is 6.07 Å². The maximum absolute atomic E-state index is 12.7. The van der Waals surface area contributed by atoms with Crippen LogP contribution >= 0.6 is 11.8 Å². The number of benzene rings is 2. The molecule has 1 fully saturated rings. The molecule has 2 aromatic rings. The largest absolute Gasteiger partial charge is 0.478 e. The number of hydrogen-bond acceptors (Lipinski definition) is 5. The van der Waals surface area contributed by atoms with E-state index in [1.54, 1.807) is 24.3 Å². The number of anilines is 2. The van der Waals surface area contributed by atoms with Gasteiger partial charge in [0.1, 0.15) is 0 Å². The molecule has 29 heavy (non-hydrogen) atoms. The highest BCUT2D eigenvalue weighted by atomic mass is 32.2. The van der Waals surface area contributed by atoms with Crippen LogP contribution in [0, 0.1) is 0 Å². The lowest BCUT2D eigenvalue weighted by molar-refractivity contribution is 0.0697. The summed E-state index contributed by atoms with van der Waals surface area (Å²) in [5, 5.41) is 9.63. The predicted octanol–water partition coefficient (Wildman–Crippen LogP) is 4.25. The zero-order valence-corrected chi connectivity index (χ0v) is 18.2. The normalized spacial score (nSPS) is 15.7. The summed E-state index contributed by atoms with van der Waals surface area (Å²) in [7, 11) is -3.80. The van der Waals surface area contributed by atoms with Crippen molar-refractivity contribution in [3.8, 4) is 0 Å². The highest BCUT2D eigenvalue weighted by Crippen LogP contribution is 2.28. The van der Waals surface area contributed by atoms with Crippen molar-refractivity contribution in [2.75, 3.05) is 34.2 Å². The van der Waals surface area contributed by atoms with Crippen molar-refractivity contribution >= 4 is 39.1 Å². The number of thioether (sulfide) groups is 1. The van der Waals surface area contributed by atoms with Gasteiger partial charge in [-0.25, -0.2) is 13.2 Å². The van der Waals surface area contributed by atoms with Crippen molar-refractivity contribution in [1.82, 2.24) is 0 Å². The van der Waals surface area contributed by atoms with Crippen molar-refractivity contribution in [2.45, 2.75) is 31.1 Å². The van der Waals surface area contributed by atoms with Crippen LogP contribution in [0.15, 0.2) is 47.4 Å². The molecule has 0 amide bonds. The second-order valence-electron chi connectivity index (χ2n) is 7.12. The first kappa shape index (κ1) is 21.5. The van der Waals surface area contributed by atoms with Crippen molar-refractivity contribution in [1.29, 1.82) is 0 Å². The molecule has 0 bridgehead atoms. The fourth-order valence-electron chi connectivity index (χ4n) is 3.28. The highest BCUT2D eigenvalue weighted by Gasteiger charge is 2.21. The number of aromatic carboxylic acids is 1. The average molecular weight is 435 g/mol. The van der Waals surface area contributed by atoms with Crippen LogP contribution in [0.2, 0.25) is 0 Å². The first-order valence-corrected chi connectivity index (χ1v) is 12.3. The Morgan fingerprint density at radius 3 is 2.41 bits per heavy atom. The molecule has 1 atom stereocenters. The van der Waals surface area contributed by atoms with Crippen molar-refractivity contribution in [3.05, 3.63) is 53.6 Å². The maximum Gasteiger partial charge on any atom is 0.337 e. The number of carboxylic acids is 1. The molecular formula is C21H26N2O4S2. The van der Waals surface area contributed by atoms with E-state index in [0.717, 1.165) is 36.6 Å². The van der Waals surface area contributed by atoms with Crippen LogP contribution in [-0.2, 0) is 10.0 Å². The quantitative estimate of drug-likeness (QED) is 0.677. The summed E-state index contributed by atoms with van der Waals surface area (Å²) >= 11 is 1.84. The molecule has 8 heteroatoms. The zero-order valence-electron chi connectivity index (χ0n) is 16.6. The van der Waals surface area contributed by atoms with Gasteiger partial charge in [0.2, 0.25) is 0 Å². The predicted molar refractivity (Wildman–Crippen MR) is 119 cm³/mol. The lowest BCUT2D eigenvalue weighted by Crippen LogP contribution is -2.33. The van der Waals surface area contributed by atoms with E-state index >= 15 is 0 Å². The van der Waals surface area contributed by atoms with E-state index in [9.17, 15) is 18.3 Å². The van der Waals surface area contributed by atoms with E-state index in [0.29, 0.717) is 11.6 Å². The van der Waals surface area contributed by atoms with Crippen LogP contribution in [-0.4, -0.2) is 44.1 Å². The Kier molecular flexibility index (Phi) is 6.74. The Labute approximate surface area is 176 Å². The van der Waals surface area contributed by atoms with Crippen molar-refractivity contribution in [2.24, 2.45) is 0 Å². The molecule has 0 spiro atoms. The molecule has 1 unspecified atom stereocenters. The van der Waals surface area contributed by atoms with Crippen molar-refractivity contribution < 1.29 is 18.3 Å². The molecule has 0 aromatic heterocycles. The number of sulfonamides is 1. The van der Waals surface area contributed by atoms with Gasteiger partial charge in [0.05, 0.1) is 16.1 Å². The average Bonchev–Trinajstić information content (AvgIpc) is 2.73. The molecule has 3 rings (SSSR count). The molecule has 0 aliphatic carbocycles. The number of nitrogens with one attached hydrogen (secondary N) is 1. The molecule has 6 nitrogen and oxygen atoms in total. The molecular weight excluding hydrogens is 408 g/mol. The van der Waals surface area contributed by atoms with Gasteiger partial charge in [-0.05, 0) is 48.2 Å². The number of carboxylic acid groups (broad SMARTS) is 1. The summed E-state index contributed by atoms with van der Waals surface area (Å²) < 4.78 is 28.0. The smallest absolute Gasteiger partial charge is 0.337 e. The first-order valence-electron chi connectivity index (χ1n) is 9.64. The topological polar surface area (TPSA) is 86.7 Å². The third kappa shape index (κ3) is 5.05. The first-order chi connectivity index (χ1) is 13.8. The summed E-state index contributed by atoms with van der Waals surface area (Å²) in [5.74, 6) is 1.18. The second-order valence-corrected chi connectivity index (χ2v) is 10.0. The number of carbonyl (C=O) groups is 1. The summed E-state index contributed by atoms with van der Waals surface area (Å²) in [6.45, 7) is 5.73. The van der Waals surface area contributed by atoms with E-state index in [1.807, 2.05) is 28.8 Å². The summed E-state index contributed by atoms with van der Waals surface area (Å²) in [5.41, 5.74) is 2.05. The Morgan fingerprint density at radius 2 is 1.83 bits per heavy atom. The third-order valence-electron chi connectivity index (χ3n) is 5.20. The Bertz CT molecular complexity index is 969. The third-order valence-corrected chi connectivity index (χ3v) is 7.54. The van der Waals surface area contributed by atoms with Gasteiger partial charge in [0, 0.05) is 30.3 Å². The Balaban J connectivity index is 1.85. The standard InChI is InChI=1S/C21H26N2O4S2/c1-3-15(2)16-4-7-18(8-5-16)29(26,27)22-17-6-9-20(19(14-17)21(24)25)23-10-12-28-13-11-23/h4-9,14-15,22H,3,10-13H2,1-2H3,(H,24,25). The number of rotatable bonds is 7. The van der Waals surface area contributed by atoms with Gasteiger partial charge < -0.3 is 10.0 Å². The van der Waals surface area contributed by atoms with Crippen LogP contribution in [0.25, 0.3) is 0 Å². The lowest BCUT2D eigenvalue weighted by Gasteiger charge is -2.29. The van der Waals surface area contributed by atoms with Gasteiger partial charge in [-0.2, -0.15) is 11.8 Å². The Morgan fingerprint density at radius 1 is 1.17 bits per heavy atom. The van der Waals surface area contributed by atoms with Crippen LogP contribution in [0.4, 0.5) is 11.4 Å². The van der Waals surface area contributed by atoms with Gasteiger partial charge in [0.15, 0.2) is 0 Å². The van der Waals surface area contributed by atoms with Crippen LogP contribution < -0.4 is 9.62 Å². The minimum atomic E-state index is -3.80. The maximum atomic E-state index is 12.7. The second kappa shape index (κ2) is 9.09. The van der Waals surface area contributed by atoms with E-state index in [2.05, 4.69) is 18.6 Å². The van der Waals surface area contributed by atoms with Crippen LogP contribution in [0.3, 0.4) is 0 Å². The monoisotopic (exact) mass is 434 g/mol. The van der Waals surface area contributed by atoms with Crippen LogP contribution in [0.1, 0.15) is 42.1 Å². The summed E-state index contributed by atoms with van der Waals surface area (Å²) in [4.78, 5) is 14.0. The van der Waals surface area contributed by atoms with Gasteiger partial charge in [-0.1, -0.05) is 26.0 Å². The van der Waals surface area contributed by atoms with Crippen LogP contribution in [0.5, 0.6) is 0 Å². The molecule has 2 aromatic carbocycles. The SMILES string of the molecule is CCC(C)c1ccc(S(=O)(=O)Nc2ccc(N3CCSCC3)c(C(=O)O)c2)cc1.